The second kappa shape index (κ2) is 9.61. The molecule has 0 radical (unpaired) electrons. The Morgan fingerprint density at radius 3 is 2.56 bits per heavy atom. The van der Waals surface area contributed by atoms with Crippen LogP contribution < -0.4 is 25.4 Å². The lowest BCUT2D eigenvalue weighted by molar-refractivity contribution is -0.115. The molecule has 0 aliphatic carbocycles. The van der Waals surface area contributed by atoms with Crippen molar-refractivity contribution >= 4 is 28.2 Å². The van der Waals surface area contributed by atoms with Gasteiger partial charge in [-0.25, -0.2) is 15.0 Å². The minimum absolute atomic E-state index is 0.106. The molecule has 2 aromatic heterocycles. The molecular weight excluding hydrogens is 436 g/mol. The molecular formula is C23H26N8O3. The van der Waals surface area contributed by atoms with Crippen molar-refractivity contribution in [1.82, 2.24) is 35.9 Å². The van der Waals surface area contributed by atoms with Crippen molar-refractivity contribution in [3.63, 3.8) is 0 Å². The molecule has 0 saturated heterocycles. The average molecular weight is 463 g/mol. The first-order valence-electron chi connectivity index (χ1n) is 10.7. The number of hydrogen-bond acceptors (Lipinski definition) is 9. The van der Waals surface area contributed by atoms with E-state index in [1.807, 2.05) is 13.8 Å². The van der Waals surface area contributed by atoms with Crippen molar-refractivity contribution in [3.8, 4) is 11.5 Å². The standard InChI is InChI=1S/C23H26N8O3/c1-5-25-11-15-19(24)20(28-12(2)21-26-7-6-8-27-21)18(23(32)31-15)22-29-13-9-16(33-3)17(34-4)10-14(13)30-22/h6-12,24-25,28H,5H2,1-4H3,(H,29,30)(H,31,32)/b15-11+,24-19?/t12-/m0/s1. The van der Waals surface area contributed by atoms with E-state index < -0.39 is 5.91 Å². The van der Waals surface area contributed by atoms with Crippen molar-refractivity contribution in [2.24, 2.45) is 0 Å². The molecule has 5 N–H and O–H groups in total. The van der Waals surface area contributed by atoms with Crippen LogP contribution in [-0.2, 0) is 4.79 Å². The monoisotopic (exact) mass is 462 g/mol. The van der Waals surface area contributed by atoms with Crippen molar-refractivity contribution in [2.75, 3.05) is 20.8 Å². The molecule has 3 heterocycles. The fourth-order valence-corrected chi connectivity index (χ4v) is 3.57. The third-order valence-electron chi connectivity index (χ3n) is 5.25. The molecule has 4 rings (SSSR count). The Morgan fingerprint density at radius 1 is 1.18 bits per heavy atom. The fourth-order valence-electron chi connectivity index (χ4n) is 3.57. The molecule has 11 nitrogen and oxygen atoms in total. The number of hydrogen-bond donors (Lipinski definition) is 5. The summed E-state index contributed by atoms with van der Waals surface area (Å²) in [5.74, 6) is 1.49. The molecule has 1 amide bonds. The van der Waals surface area contributed by atoms with Crippen LogP contribution in [0.25, 0.3) is 16.6 Å². The smallest absolute Gasteiger partial charge is 0.261 e. The van der Waals surface area contributed by atoms with Crippen LogP contribution in [-0.4, -0.2) is 52.3 Å². The number of aromatic amines is 1. The van der Waals surface area contributed by atoms with Crippen LogP contribution in [0.5, 0.6) is 11.5 Å². The molecule has 0 saturated carbocycles. The number of amides is 1. The number of carbonyl (C=O) groups excluding carboxylic acids is 1. The first kappa shape index (κ1) is 22.8. The van der Waals surface area contributed by atoms with E-state index in [0.717, 1.165) is 0 Å². The van der Waals surface area contributed by atoms with E-state index in [-0.39, 0.29) is 17.3 Å². The molecule has 176 valence electrons. The molecule has 0 spiro atoms. The number of aromatic nitrogens is 4. The summed E-state index contributed by atoms with van der Waals surface area (Å²) < 4.78 is 10.7. The Morgan fingerprint density at radius 2 is 1.88 bits per heavy atom. The van der Waals surface area contributed by atoms with Gasteiger partial charge in [-0.2, -0.15) is 0 Å². The van der Waals surface area contributed by atoms with E-state index in [2.05, 4.69) is 35.9 Å². The third-order valence-corrected chi connectivity index (χ3v) is 5.25. The third kappa shape index (κ3) is 4.27. The summed E-state index contributed by atoms with van der Waals surface area (Å²) in [6.07, 6.45) is 4.90. The topological polar surface area (TPSA) is 150 Å². The maximum Gasteiger partial charge on any atom is 0.261 e. The van der Waals surface area contributed by atoms with E-state index in [1.165, 1.54) is 0 Å². The van der Waals surface area contributed by atoms with E-state index in [4.69, 9.17) is 14.9 Å². The number of ether oxygens (including phenoxy) is 2. The summed E-state index contributed by atoms with van der Waals surface area (Å²) in [6, 6.07) is 4.83. The Hall–Kier alpha value is -4.41. The Balaban J connectivity index is 1.84. The Labute approximate surface area is 196 Å². The summed E-state index contributed by atoms with van der Waals surface area (Å²) in [5, 5.41) is 17.9. The molecule has 1 atom stereocenters. The number of methoxy groups -OCH3 is 2. The van der Waals surface area contributed by atoms with Gasteiger partial charge >= 0.3 is 0 Å². The molecule has 1 aliphatic rings. The maximum absolute atomic E-state index is 13.3. The van der Waals surface area contributed by atoms with Gasteiger partial charge in [-0.05, 0) is 19.9 Å². The number of imidazole rings is 1. The summed E-state index contributed by atoms with van der Waals surface area (Å²) in [6.45, 7) is 4.44. The van der Waals surface area contributed by atoms with Gasteiger partial charge in [-0.1, -0.05) is 0 Å². The van der Waals surface area contributed by atoms with Gasteiger partial charge in [0.2, 0.25) is 0 Å². The lowest BCUT2D eigenvalue weighted by Crippen LogP contribution is -2.41. The highest BCUT2D eigenvalue weighted by Crippen LogP contribution is 2.33. The molecule has 1 aromatic carbocycles. The van der Waals surface area contributed by atoms with Crippen LogP contribution in [0, 0.1) is 5.41 Å². The van der Waals surface area contributed by atoms with Crippen molar-refractivity contribution in [2.45, 2.75) is 19.9 Å². The van der Waals surface area contributed by atoms with Gasteiger partial charge in [0.05, 0.1) is 42.7 Å². The number of benzene rings is 1. The zero-order valence-electron chi connectivity index (χ0n) is 19.3. The molecule has 1 aliphatic heterocycles. The van der Waals surface area contributed by atoms with Crippen LogP contribution in [0.2, 0.25) is 0 Å². The van der Waals surface area contributed by atoms with Gasteiger partial charge in [0, 0.05) is 37.3 Å². The van der Waals surface area contributed by atoms with Gasteiger partial charge < -0.3 is 30.4 Å². The Bertz CT molecular complexity index is 1260. The highest BCUT2D eigenvalue weighted by atomic mass is 16.5. The summed E-state index contributed by atoms with van der Waals surface area (Å²) >= 11 is 0. The van der Waals surface area contributed by atoms with Crippen molar-refractivity contribution in [1.29, 1.82) is 5.41 Å². The molecule has 3 aromatic rings. The van der Waals surface area contributed by atoms with E-state index >= 15 is 0 Å². The number of nitrogens with zero attached hydrogens (tertiary/aromatic N) is 3. The molecule has 0 unspecified atom stereocenters. The van der Waals surface area contributed by atoms with Gasteiger partial charge in [-0.3, -0.25) is 10.2 Å². The molecule has 0 bridgehead atoms. The van der Waals surface area contributed by atoms with Gasteiger partial charge in [-0.15, -0.1) is 0 Å². The zero-order valence-corrected chi connectivity index (χ0v) is 19.3. The van der Waals surface area contributed by atoms with Gasteiger partial charge in [0.15, 0.2) is 11.5 Å². The Kier molecular flexibility index (Phi) is 6.44. The first-order valence-corrected chi connectivity index (χ1v) is 10.7. The van der Waals surface area contributed by atoms with Gasteiger partial charge in [0.1, 0.15) is 22.9 Å². The van der Waals surface area contributed by atoms with Crippen molar-refractivity contribution < 1.29 is 14.3 Å². The van der Waals surface area contributed by atoms with Crippen LogP contribution >= 0.6 is 0 Å². The molecule has 0 fully saturated rings. The van der Waals surface area contributed by atoms with Crippen molar-refractivity contribution in [3.05, 3.63) is 59.8 Å². The number of H-pyrrole nitrogens is 1. The lowest BCUT2D eigenvalue weighted by Gasteiger charge is -2.26. The maximum atomic E-state index is 13.3. The second-order valence-electron chi connectivity index (χ2n) is 7.48. The predicted octanol–water partition coefficient (Wildman–Crippen LogP) is 2.03. The van der Waals surface area contributed by atoms with Gasteiger partial charge in [0.25, 0.3) is 5.91 Å². The van der Waals surface area contributed by atoms with Crippen LogP contribution in [0.1, 0.15) is 31.5 Å². The van der Waals surface area contributed by atoms with Crippen LogP contribution in [0.15, 0.2) is 48.2 Å². The van der Waals surface area contributed by atoms with E-state index in [1.54, 1.807) is 51.0 Å². The summed E-state index contributed by atoms with van der Waals surface area (Å²) in [5.41, 5.74) is 2.22. The van der Waals surface area contributed by atoms with Crippen LogP contribution in [0.3, 0.4) is 0 Å². The first-order chi connectivity index (χ1) is 16.5. The van der Waals surface area contributed by atoms with Crippen LogP contribution in [0.4, 0.5) is 0 Å². The molecule has 34 heavy (non-hydrogen) atoms. The number of nitrogens with one attached hydrogen (secondary N) is 5. The zero-order chi connectivity index (χ0) is 24.2. The molecule has 11 heteroatoms. The fraction of sp³-hybridized carbons (Fsp3) is 0.261. The lowest BCUT2D eigenvalue weighted by atomic mass is 10.0. The minimum atomic E-state index is -0.401. The number of carbonyl (C=O) groups is 1. The SMILES string of the molecule is CCN/C=C1/NC(=O)C(c2nc3cc(OC)c(OC)cc3[nH]2)=C(N[C@@H](C)c2ncccn2)C1=N. The number of rotatable bonds is 8. The normalized spacial score (nSPS) is 15.9. The predicted molar refractivity (Wildman–Crippen MR) is 127 cm³/mol. The minimum Gasteiger partial charge on any atom is -0.493 e. The quantitative estimate of drug-likeness (QED) is 0.341. The highest BCUT2D eigenvalue weighted by molar-refractivity contribution is 6.33. The van der Waals surface area contributed by atoms with E-state index in [9.17, 15) is 4.79 Å². The largest absolute Gasteiger partial charge is 0.493 e. The second-order valence-corrected chi connectivity index (χ2v) is 7.48. The van der Waals surface area contributed by atoms with E-state index in [0.29, 0.717) is 52.1 Å². The highest BCUT2D eigenvalue weighted by Gasteiger charge is 2.32. The summed E-state index contributed by atoms with van der Waals surface area (Å²) in [7, 11) is 3.09. The number of fused-ring (bicyclic) bond motifs is 1. The average Bonchev–Trinajstić information content (AvgIpc) is 3.26. The summed E-state index contributed by atoms with van der Waals surface area (Å²) in [4.78, 5) is 29.6.